The Hall–Kier alpha value is -1.02. The maximum Gasteiger partial charge on any atom is 0.460 e. The Morgan fingerprint density at radius 3 is 0.524 bits per heavy atom. The van der Waals surface area contributed by atoms with Crippen LogP contribution in [0.5, 0.6) is 0 Å². The van der Waals surface area contributed by atoms with Crippen LogP contribution >= 0.6 is 0 Å². The minimum absolute atomic E-state index is 0. The van der Waals surface area contributed by atoms with Crippen molar-refractivity contribution in [2.75, 3.05) is 0 Å². The van der Waals surface area contributed by atoms with Gasteiger partial charge in [-0.3, -0.25) is 0 Å². The fraction of sp³-hybridized carbons (Fsp3) is 1.00. The molecule has 0 saturated carbocycles. The van der Waals surface area contributed by atoms with Crippen molar-refractivity contribution >= 4 is 0 Å². The van der Waals surface area contributed by atoms with Gasteiger partial charge in [0.15, 0.2) is 0 Å². The molecule has 0 aromatic rings. The van der Waals surface area contributed by atoms with Crippen LogP contribution in [-0.2, 0) is 5.48 Å². The molecular formula is C6F14O. The highest BCUT2D eigenvalue weighted by Crippen LogP contribution is 2.60. The first-order valence-electron chi connectivity index (χ1n) is 3.90. The molecule has 128 valence electrons. The van der Waals surface area contributed by atoms with Gasteiger partial charge < -0.3 is 0 Å². The van der Waals surface area contributed by atoms with Gasteiger partial charge in [-0.25, -0.2) is 0 Å². The number of hydrogen-bond acceptors (Lipinski definition) is 0. The molecule has 0 fully saturated rings. The van der Waals surface area contributed by atoms with Crippen molar-refractivity contribution in [1.29, 1.82) is 0 Å². The van der Waals surface area contributed by atoms with E-state index in [1.165, 1.54) is 0 Å². The molecule has 0 aromatic carbocycles. The predicted octanol–water partition coefficient (Wildman–Crippen LogP) is 4.53. The van der Waals surface area contributed by atoms with Gasteiger partial charge in [-0.05, 0) is 0 Å². The first-order valence-corrected chi connectivity index (χ1v) is 3.90. The molecule has 0 atom stereocenters. The van der Waals surface area contributed by atoms with Gasteiger partial charge in [-0.2, -0.15) is 61.5 Å². The molecule has 21 heavy (non-hydrogen) atoms. The molecule has 0 aromatic heterocycles. The summed E-state index contributed by atoms with van der Waals surface area (Å²) < 4.78 is 166. The van der Waals surface area contributed by atoms with Gasteiger partial charge in [0.25, 0.3) is 0 Å². The molecule has 0 unspecified atom stereocenters. The summed E-state index contributed by atoms with van der Waals surface area (Å²) in [4.78, 5) is 0. The minimum Gasteiger partial charge on any atom is -0.192 e. The van der Waals surface area contributed by atoms with Gasteiger partial charge >= 0.3 is 36.0 Å². The van der Waals surface area contributed by atoms with Crippen LogP contribution in [0, 0.1) is 0 Å². The maximum absolute atomic E-state index is 12.3. The zero-order valence-electron chi connectivity index (χ0n) is 8.70. The summed E-state index contributed by atoms with van der Waals surface area (Å²) in [6, 6.07) is 0. The fourth-order valence-corrected chi connectivity index (χ4v) is 0.750. The summed E-state index contributed by atoms with van der Waals surface area (Å²) in [6.45, 7) is 0. The molecule has 1 nitrogen and oxygen atoms in total. The van der Waals surface area contributed by atoms with E-state index in [9.17, 15) is 61.5 Å². The van der Waals surface area contributed by atoms with Crippen LogP contribution in [0.25, 0.3) is 0 Å². The highest BCUT2D eigenvalue weighted by atomic mass is 19.4. The molecule has 2 radical (unpaired) electrons. The first kappa shape index (κ1) is 22.3. The van der Waals surface area contributed by atoms with Crippen molar-refractivity contribution in [1.82, 2.24) is 0 Å². The van der Waals surface area contributed by atoms with Crippen LogP contribution in [0.3, 0.4) is 0 Å². The summed E-state index contributed by atoms with van der Waals surface area (Å²) in [5.74, 6) is -31.7. The van der Waals surface area contributed by atoms with Gasteiger partial charge in [0.2, 0.25) is 0 Å². The van der Waals surface area contributed by atoms with Crippen molar-refractivity contribution in [3.05, 3.63) is 0 Å². The largest absolute Gasteiger partial charge is 0.460 e. The Morgan fingerprint density at radius 2 is 0.429 bits per heavy atom. The second kappa shape index (κ2) is 5.01. The Labute approximate surface area is 104 Å². The van der Waals surface area contributed by atoms with E-state index in [0.717, 1.165) is 0 Å². The maximum atomic E-state index is 12.3. The third-order valence-corrected chi connectivity index (χ3v) is 1.90. The molecule has 0 spiro atoms. The lowest BCUT2D eigenvalue weighted by atomic mass is 9.98. The average molecular weight is 354 g/mol. The molecule has 0 amide bonds. The van der Waals surface area contributed by atoms with Crippen LogP contribution in [0.4, 0.5) is 61.5 Å². The molecule has 0 rings (SSSR count). The number of alkyl halides is 14. The zero-order valence-corrected chi connectivity index (χ0v) is 8.70. The van der Waals surface area contributed by atoms with E-state index in [-0.39, 0.29) is 5.48 Å². The Morgan fingerprint density at radius 1 is 0.286 bits per heavy atom. The molecule has 0 aliphatic heterocycles. The Balaban J connectivity index is 0. The standard InChI is InChI=1S/C6F14.O/c7-1(8,3(11,12)5(15,16)17)2(9,10)4(13,14)6(18,19)20;. The lowest BCUT2D eigenvalue weighted by Crippen LogP contribution is -2.69. The molecule has 0 saturated heterocycles. The number of hydrogen-bond donors (Lipinski definition) is 0. The molecule has 0 aliphatic rings. The molecule has 0 bridgehead atoms. The van der Waals surface area contributed by atoms with Crippen LogP contribution < -0.4 is 0 Å². The van der Waals surface area contributed by atoms with E-state index in [1.54, 1.807) is 0 Å². The van der Waals surface area contributed by atoms with Crippen LogP contribution in [0.15, 0.2) is 0 Å². The van der Waals surface area contributed by atoms with E-state index >= 15 is 0 Å². The molecular weight excluding hydrogens is 354 g/mol. The fourth-order valence-electron chi connectivity index (χ4n) is 0.750. The molecule has 0 heterocycles. The lowest BCUT2D eigenvalue weighted by molar-refractivity contribution is -0.451. The highest BCUT2D eigenvalue weighted by Gasteiger charge is 2.91. The Bertz CT molecular complexity index is 325. The first-order chi connectivity index (χ1) is 8.25. The zero-order chi connectivity index (χ0) is 17.0. The van der Waals surface area contributed by atoms with Crippen molar-refractivity contribution in [2.45, 2.75) is 36.0 Å². The normalized spacial score (nSPS) is 15.7. The van der Waals surface area contributed by atoms with Gasteiger partial charge in [0, 0.05) is 5.48 Å². The molecule has 0 N–H and O–H groups in total. The van der Waals surface area contributed by atoms with Crippen molar-refractivity contribution in [2.24, 2.45) is 0 Å². The van der Waals surface area contributed by atoms with Gasteiger partial charge in [0.05, 0.1) is 0 Å². The summed E-state index contributed by atoms with van der Waals surface area (Å²) >= 11 is 0. The van der Waals surface area contributed by atoms with Crippen molar-refractivity contribution in [3.63, 3.8) is 0 Å². The molecule has 0 aliphatic carbocycles. The summed E-state index contributed by atoms with van der Waals surface area (Å²) in [5.41, 5.74) is 0. The van der Waals surface area contributed by atoms with Gasteiger partial charge in [-0.1, -0.05) is 0 Å². The minimum atomic E-state index is -8.04. The summed E-state index contributed by atoms with van der Waals surface area (Å²) in [6.07, 6.45) is -15.0. The third-order valence-electron chi connectivity index (χ3n) is 1.90. The second-order valence-electron chi connectivity index (χ2n) is 3.29. The van der Waals surface area contributed by atoms with Gasteiger partial charge in [0.1, 0.15) is 0 Å². The SMILES string of the molecule is FC(F)(F)C(F)(F)C(F)(F)C(F)(F)C(F)(F)C(F)(F)F.[O]. The van der Waals surface area contributed by atoms with E-state index in [1.807, 2.05) is 0 Å². The van der Waals surface area contributed by atoms with Crippen molar-refractivity contribution < 1.29 is 66.9 Å². The Kier molecular flexibility index (Phi) is 5.32. The van der Waals surface area contributed by atoms with Crippen LogP contribution in [0.2, 0.25) is 0 Å². The van der Waals surface area contributed by atoms with E-state index in [4.69, 9.17) is 0 Å². The van der Waals surface area contributed by atoms with Gasteiger partial charge in [-0.15, -0.1) is 0 Å². The summed E-state index contributed by atoms with van der Waals surface area (Å²) in [5, 5.41) is 0. The van der Waals surface area contributed by atoms with Crippen LogP contribution in [0.1, 0.15) is 0 Å². The second-order valence-corrected chi connectivity index (χ2v) is 3.29. The smallest absolute Gasteiger partial charge is 0.192 e. The molecule has 15 heteroatoms. The monoisotopic (exact) mass is 354 g/mol. The lowest BCUT2D eigenvalue weighted by Gasteiger charge is -2.37. The highest BCUT2D eigenvalue weighted by molar-refractivity contribution is 5.08. The van der Waals surface area contributed by atoms with Crippen molar-refractivity contribution in [3.8, 4) is 0 Å². The van der Waals surface area contributed by atoms with Crippen LogP contribution in [-0.4, -0.2) is 36.0 Å². The van der Waals surface area contributed by atoms with E-state index in [2.05, 4.69) is 0 Å². The topological polar surface area (TPSA) is 28.5 Å². The number of halogens is 14. The predicted molar refractivity (Wildman–Crippen MR) is 32.6 cm³/mol. The third kappa shape index (κ3) is 2.83. The number of rotatable bonds is 3. The van der Waals surface area contributed by atoms with E-state index in [0.29, 0.717) is 0 Å². The quantitative estimate of drug-likeness (QED) is 0.667. The van der Waals surface area contributed by atoms with E-state index < -0.39 is 36.0 Å². The summed E-state index contributed by atoms with van der Waals surface area (Å²) in [7, 11) is 0. The average Bonchev–Trinajstić information content (AvgIpc) is 2.12.